The summed E-state index contributed by atoms with van der Waals surface area (Å²) in [4.78, 5) is 16.5. The second-order valence-corrected chi connectivity index (χ2v) is 7.06. The zero-order valence-corrected chi connectivity index (χ0v) is 16.4. The minimum Gasteiger partial charge on any atom is -0.338 e. The average molecular weight is 406 g/mol. The number of pyridine rings is 1. The Hall–Kier alpha value is -3.38. The number of carbonyl (C=O) groups is 1. The number of rotatable bonds is 6. The van der Waals surface area contributed by atoms with Gasteiger partial charge in [-0.25, -0.2) is 9.48 Å². The molecule has 0 bridgehead atoms. The molecule has 29 heavy (non-hydrogen) atoms. The van der Waals surface area contributed by atoms with Crippen molar-refractivity contribution >= 4 is 28.5 Å². The summed E-state index contributed by atoms with van der Waals surface area (Å²) in [5.41, 5.74) is 3.92. The lowest BCUT2D eigenvalue weighted by atomic mass is 10.1. The molecular formula is C22H20ClN5O. The van der Waals surface area contributed by atoms with E-state index in [1.807, 2.05) is 60.8 Å². The van der Waals surface area contributed by atoms with Gasteiger partial charge in [-0.2, -0.15) is 5.10 Å². The Kier molecular flexibility index (Phi) is 5.72. The van der Waals surface area contributed by atoms with Crippen molar-refractivity contribution in [1.82, 2.24) is 25.4 Å². The Balaban J connectivity index is 1.27. The molecular weight excluding hydrogens is 386 g/mol. The monoisotopic (exact) mass is 405 g/mol. The first-order valence-corrected chi connectivity index (χ1v) is 9.71. The molecule has 4 rings (SSSR count). The summed E-state index contributed by atoms with van der Waals surface area (Å²) in [7, 11) is 0. The van der Waals surface area contributed by atoms with Crippen LogP contribution < -0.4 is 10.6 Å². The molecule has 0 saturated heterocycles. The minimum atomic E-state index is -0.211. The van der Waals surface area contributed by atoms with Gasteiger partial charge < -0.3 is 10.6 Å². The van der Waals surface area contributed by atoms with E-state index in [2.05, 4.69) is 20.7 Å². The highest BCUT2D eigenvalue weighted by Crippen LogP contribution is 2.16. The lowest BCUT2D eigenvalue weighted by Gasteiger charge is -2.08. The summed E-state index contributed by atoms with van der Waals surface area (Å²) in [6.45, 7) is 0.931. The van der Waals surface area contributed by atoms with Crippen LogP contribution in [-0.4, -0.2) is 27.3 Å². The maximum absolute atomic E-state index is 12.1. The molecule has 6 nitrogen and oxygen atoms in total. The van der Waals surface area contributed by atoms with Gasteiger partial charge in [0.05, 0.1) is 17.4 Å². The molecule has 2 amide bonds. The van der Waals surface area contributed by atoms with Gasteiger partial charge in [0.25, 0.3) is 0 Å². The number of para-hydroxylation sites is 1. The molecule has 0 aliphatic heterocycles. The molecule has 0 unspecified atom stereocenters. The molecule has 0 spiro atoms. The third-order valence-electron chi connectivity index (χ3n) is 4.58. The van der Waals surface area contributed by atoms with E-state index in [4.69, 9.17) is 11.6 Å². The minimum absolute atomic E-state index is 0.211. The summed E-state index contributed by atoms with van der Waals surface area (Å²) in [5.74, 6) is 0. The number of nitrogens with zero attached hydrogens (tertiary/aromatic N) is 3. The highest BCUT2D eigenvalue weighted by atomic mass is 35.5. The Labute approximate surface area is 173 Å². The molecule has 0 aliphatic carbocycles. The molecule has 7 heteroatoms. The van der Waals surface area contributed by atoms with Crippen LogP contribution in [0.5, 0.6) is 0 Å². The average Bonchev–Trinajstić information content (AvgIpc) is 3.22. The van der Waals surface area contributed by atoms with Crippen molar-refractivity contribution in [3.8, 4) is 5.69 Å². The number of amides is 2. The van der Waals surface area contributed by atoms with Crippen molar-refractivity contribution in [2.75, 3.05) is 6.54 Å². The topological polar surface area (TPSA) is 71.8 Å². The third kappa shape index (κ3) is 4.73. The second-order valence-electron chi connectivity index (χ2n) is 6.62. The SMILES string of the molecule is O=C(NCCc1cccc2cccnc12)NCc1cnn(-c2ccc(Cl)cc2)c1. The Morgan fingerprint density at radius 2 is 1.86 bits per heavy atom. The first-order chi connectivity index (χ1) is 14.2. The summed E-state index contributed by atoms with van der Waals surface area (Å²) in [6.07, 6.45) is 6.12. The molecule has 0 saturated carbocycles. The second kappa shape index (κ2) is 8.75. The number of carbonyl (C=O) groups excluding carboxylic acids is 1. The molecule has 2 N–H and O–H groups in total. The smallest absolute Gasteiger partial charge is 0.315 e. The maximum Gasteiger partial charge on any atom is 0.315 e. The van der Waals surface area contributed by atoms with E-state index in [1.54, 1.807) is 17.1 Å². The lowest BCUT2D eigenvalue weighted by molar-refractivity contribution is 0.240. The van der Waals surface area contributed by atoms with Crippen LogP contribution in [-0.2, 0) is 13.0 Å². The predicted molar refractivity (Wildman–Crippen MR) is 114 cm³/mol. The predicted octanol–water partition coefficient (Wildman–Crippen LogP) is 4.12. The van der Waals surface area contributed by atoms with Gasteiger partial charge in [-0.1, -0.05) is 35.9 Å². The van der Waals surface area contributed by atoms with Crippen molar-refractivity contribution in [3.05, 3.63) is 89.3 Å². The van der Waals surface area contributed by atoms with Gasteiger partial charge in [0.15, 0.2) is 0 Å². The number of halogens is 1. The van der Waals surface area contributed by atoms with E-state index in [9.17, 15) is 4.79 Å². The number of fused-ring (bicyclic) bond motifs is 1. The highest BCUT2D eigenvalue weighted by Gasteiger charge is 2.06. The fraction of sp³-hybridized carbons (Fsp3) is 0.136. The fourth-order valence-corrected chi connectivity index (χ4v) is 3.24. The zero-order valence-electron chi connectivity index (χ0n) is 15.7. The molecule has 2 heterocycles. The standard InChI is InChI=1S/C22H20ClN5O/c23-19-6-8-20(9-7-19)28-15-16(14-27-28)13-26-22(29)25-12-10-18-4-1-3-17-5-2-11-24-21(17)18/h1-9,11,14-15H,10,12-13H2,(H2,25,26,29). The quantitative estimate of drug-likeness (QED) is 0.507. The number of nitrogens with one attached hydrogen (secondary N) is 2. The summed E-state index contributed by atoms with van der Waals surface area (Å²) >= 11 is 5.91. The Morgan fingerprint density at radius 3 is 2.72 bits per heavy atom. The molecule has 0 fully saturated rings. The third-order valence-corrected chi connectivity index (χ3v) is 4.83. The maximum atomic E-state index is 12.1. The fourth-order valence-electron chi connectivity index (χ4n) is 3.11. The summed E-state index contributed by atoms with van der Waals surface area (Å²) in [5, 5.41) is 11.9. The first-order valence-electron chi connectivity index (χ1n) is 9.33. The van der Waals surface area contributed by atoms with Gasteiger partial charge >= 0.3 is 6.03 Å². The molecule has 0 atom stereocenters. The molecule has 2 aromatic heterocycles. The van der Waals surface area contributed by atoms with Gasteiger partial charge in [-0.05, 0) is 42.3 Å². The normalized spacial score (nSPS) is 10.8. The van der Waals surface area contributed by atoms with Crippen molar-refractivity contribution in [2.45, 2.75) is 13.0 Å². The number of aromatic nitrogens is 3. The van der Waals surface area contributed by atoms with Crippen LogP contribution in [0.4, 0.5) is 4.79 Å². The van der Waals surface area contributed by atoms with Crippen LogP contribution in [0.3, 0.4) is 0 Å². The van der Waals surface area contributed by atoms with E-state index in [0.717, 1.165) is 34.1 Å². The van der Waals surface area contributed by atoms with Crippen molar-refractivity contribution < 1.29 is 4.79 Å². The van der Waals surface area contributed by atoms with Gasteiger partial charge in [-0.15, -0.1) is 0 Å². The van der Waals surface area contributed by atoms with Crippen LogP contribution >= 0.6 is 11.6 Å². The van der Waals surface area contributed by atoms with Crippen LogP contribution in [0.15, 0.2) is 73.2 Å². The zero-order chi connectivity index (χ0) is 20.1. The van der Waals surface area contributed by atoms with Gasteiger partial charge in [0.1, 0.15) is 0 Å². The van der Waals surface area contributed by atoms with Gasteiger partial charge in [-0.3, -0.25) is 4.98 Å². The molecule has 4 aromatic rings. The molecule has 146 valence electrons. The first kappa shape index (κ1) is 19.0. The van der Waals surface area contributed by atoms with Crippen molar-refractivity contribution in [1.29, 1.82) is 0 Å². The van der Waals surface area contributed by atoms with E-state index < -0.39 is 0 Å². The van der Waals surface area contributed by atoms with E-state index in [0.29, 0.717) is 18.1 Å². The molecule has 0 radical (unpaired) electrons. The molecule has 2 aromatic carbocycles. The van der Waals surface area contributed by atoms with Gasteiger partial charge in [0.2, 0.25) is 0 Å². The number of hydrogen-bond acceptors (Lipinski definition) is 3. The van der Waals surface area contributed by atoms with Crippen molar-refractivity contribution in [2.24, 2.45) is 0 Å². The van der Waals surface area contributed by atoms with Crippen molar-refractivity contribution in [3.63, 3.8) is 0 Å². The summed E-state index contributed by atoms with van der Waals surface area (Å²) < 4.78 is 1.75. The number of hydrogen-bond donors (Lipinski definition) is 2. The molecule has 0 aliphatic rings. The van der Waals surface area contributed by atoms with E-state index in [-0.39, 0.29) is 6.03 Å². The van der Waals surface area contributed by atoms with Gasteiger partial charge in [0, 0.05) is 41.5 Å². The van der Waals surface area contributed by atoms with E-state index in [1.165, 1.54) is 0 Å². The highest BCUT2D eigenvalue weighted by molar-refractivity contribution is 6.30. The van der Waals surface area contributed by atoms with E-state index >= 15 is 0 Å². The summed E-state index contributed by atoms with van der Waals surface area (Å²) in [6, 6.07) is 17.3. The number of benzene rings is 2. The number of urea groups is 1. The Bertz CT molecular complexity index is 1120. The largest absolute Gasteiger partial charge is 0.338 e. The van der Waals surface area contributed by atoms with Crippen LogP contribution in [0.1, 0.15) is 11.1 Å². The van der Waals surface area contributed by atoms with Crippen LogP contribution in [0, 0.1) is 0 Å². The van der Waals surface area contributed by atoms with Crippen LogP contribution in [0.25, 0.3) is 16.6 Å². The lowest BCUT2D eigenvalue weighted by Crippen LogP contribution is -2.36. The Morgan fingerprint density at radius 1 is 1.03 bits per heavy atom. The van der Waals surface area contributed by atoms with Crippen LogP contribution in [0.2, 0.25) is 5.02 Å².